The summed E-state index contributed by atoms with van der Waals surface area (Å²) in [6.07, 6.45) is 2.16. The Morgan fingerprint density at radius 2 is 1.52 bits per heavy atom. The summed E-state index contributed by atoms with van der Waals surface area (Å²) in [7, 11) is 0. The predicted molar refractivity (Wildman–Crippen MR) is 87.7 cm³/mol. The lowest BCUT2D eigenvalue weighted by atomic mass is 10.1. The molecule has 0 radical (unpaired) electrons. The van der Waals surface area contributed by atoms with Crippen LogP contribution in [0.15, 0.2) is 60.7 Å². The number of benzene rings is 2. The number of nitrogens with zero attached hydrogens (tertiary/aromatic N) is 2. The zero-order valence-corrected chi connectivity index (χ0v) is 12.6. The molecule has 0 saturated heterocycles. The van der Waals surface area contributed by atoms with Gasteiger partial charge in [-0.05, 0) is 31.0 Å². The summed E-state index contributed by atoms with van der Waals surface area (Å²) < 4.78 is 2.10. The van der Waals surface area contributed by atoms with Crippen LogP contribution in [0.25, 0.3) is 16.9 Å². The second-order valence-corrected chi connectivity index (χ2v) is 5.28. The molecule has 21 heavy (non-hydrogen) atoms. The molecule has 0 amide bonds. The summed E-state index contributed by atoms with van der Waals surface area (Å²) >= 11 is 0. The van der Waals surface area contributed by atoms with Gasteiger partial charge in [0.2, 0.25) is 0 Å². The molecular weight excluding hydrogens is 256 g/mol. The first-order valence-corrected chi connectivity index (χ1v) is 7.50. The lowest BCUT2D eigenvalue weighted by Gasteiger charge is -2.06. The van der Waals surface area contributed by atoms with E-state index in [1.807, 2.05) is 12.1 Å². The van der Waals surface area contributed by atoms with Gasteiger partial charge in [-0.3, -0.25) is 0 Å². The van der Waals surface area contributed by atoms with Gasteiger partial charge in [-0.1, -0.05) is 61.9 Å². The van der Waals surface area contributed by atoms with E-state index in [1.54, 1.807) is 0 Å². The van der Waals surface area contributed by atoms with Gasteiger partial charge in [-0.15, -0.1) is 0 Å². The molecule has 106 valence electrons. The number of rotatable bonds is 4. The summed E-state index contributed by atoms with van der Waals surface area (Å²) in [5, 5.41) is 4.89. The summed E-state index contributed by atoms with van der Waals surface area (Å²) in [5.74, 6) is 0. The molecule has 0 saturated carbocycles. The Morgan fingerprint density at radius 3 is 2.14 bits per heavy atom. The smallest absolute Gasteiger partial charge is 0.0959 e. The molecular formula is C19H20N2. The van der Waals surface area contributed by atoms with Crippen LogP contribution in [0.5, 0.6) is 0 Å². The van der Waals surface area contributed by atoms with E-state index in [0.717, 1.165) is 24.2 Å². The first-order chi connectivity index (χ1) is 10.3. The Kier molecular flexibility index (Phi) is 3.87. The van der Waals surface area contributed by atoms with Gasteiger partial charge in [0.05, 0.1) is 11.4 Å². The van der Waals surface area contributed by atoms with E-state index in [1.165, 1.54) is 16.8 Å². The van der Waals surface area contributed by atoms with Gasteiger partial charge in [0.25, 0.3) is 0 Å². The van der Waals surface area contributed by atoms with Crippen molar-refractivity contribution in [1.29, 1.82) is 0 Å². The molecule has 2 aromatic carbocycles. The van der Waals surface area contributed by atoms with Crippen LogP contribution in [0.2, 0.25) is 0 Å². The van der Waals surface area contributed by atoms with Crippen LogP contribution in [0.1, 0.15) is 24.6 Å². The van der Waals surface area contributed by atoms with Gasteiger partial charge in [0.15, 0.2) is 0 Å². The second kappa shape index (κ2) is 5.96. The van der Waals surface area contributed by atoms with Crippen molar-refractivity contribution < 1.29 is 0 Å². The van der Waals surface area contributed by atoms with Gasteiger partial charge >= 0.3 is 0 Å². The highest BCUT2D eigenvalue weighted by Crippen LogP contribution is 2.27. The Bertz CT molecular complexity index is 712. The lowest BCUT2D eigenvalue weighted by molar-refractivity contribution is 0.773. The average Bonchev–Trinajstić information content (AvgIpc) is 2.87. The molecule has 0 unspecified atom stereocenters. The maximum Gasteiger partial charge on any atom is 0.0959 e. The third kappa shape index (κ3) is 2.62. The van der Waals surface area contributed by atoms with Crippen LogP contribution < -0.4 is 0 Å². The topological polar surface area (TPSA) is 17.8 Å². The molecule has 0 fully saturated rings. The molecule has 0 atom stereocenters. The number of hydrogen-bond donors (Lipinski definition) is 0. The monoisotopic (exact) mass is 276 g/mol. The molecule has 3 rings (SSSR count). The average molecular weight is 276 g/mol. The van der Waals surface area contributed by atoms with E-state index in [9.17, 15) is 0 Å². The van der Waals surface area contributed by atoms with Gasteiger partial charge in [-0.25, -0.2) is 4.68 Å². The van der Waals surface area contributed by atoms with Crippen molar-refractivity contribution in [3.8, 4) is 16.9 Å². The highest BCUT2D eigenvalue weighted by molar-refractivity contribution is 5.64. The summed E-state index contributed by atoms with van der Waals surface area (Å²) in [5.41, 5.74) is 5.99. The Hall–Kier alpha value is -2.35. The van der Waals surface area contributed by atoms with Crippen molar-refractivity contribution in [3.05, 3.63) is 71.9 Å². The van der Waals surface area contributed by atoms with Crippen molar-refractivity contribution in [2.24, 2.45) is 0 Å². The predicted octanol–water partition coefficient (Wildman–Crippen LogP) is 4.80. The second-order valence-electron chi connectivity index (χ2n) is 5.28. The number of aromatic nitrogens is 2. The van der Waals surface area contributed by atoms with Gasteiger partial charge in [-0.2, -0.15) is 5.10 Å². The van der Waals surface area contributed by atoms with Crippen molar-refractivity contribution in [2.45, 2.75) is 26.7 Å². The number of hydrogen-bond acceptors (Lipinski definition) is 1. The van der Waals surface area contributed by atoms with E-state index < -0.39 is 0 Å². The minimum absolute atomic E-state index is 1.04. The standard InChI is InChI=1S/C19H20N2/c1-3-10-18-15(2)19(16-11-6-4-7-12-16)20-21(18)17-13-8-5-9-14-17/h4-9,11-14H,3,10H2,1-2H3. The summed E-state index contributed by atoms with van der Waals surface area (Å²) in [6, 6.07) is 20.8. The zero-order chi connectivity index (χ0) is 14.7. The van der Waals surface area contributed by atoms with E-state index in [4.69, 9.17) is 5.10 Å². The molecule has 0 aliphatic heterocycles. The normalized spacial score (nSPS) is 10.8. The third-order valence-corrected chi connectivity index (χ3v) is 3.78. The van der Waals surface area contributed by atoms with Gasteiger partial charge in [0, 0.05) is 11.3 Å². The van der Waals surface area contributed by atoms with Crippen molar-refractivity contribution in [3.63, 3.8) is 0 Å². The minimum Gasteiger partial charge on any atom is -0.237 e. The summed E-state index contributed by atoms with van der Waals surface area (Å²) in [4.78, 5) is 0. The molecule has 0 bridgehead atoms. The Balaban J connectivity index is 2.16. The molecule has 0 aliphatic rings. The highest BCUT2D eigenvalue weighted by atomic mass is 15.3. The van der Waals surface area contributed by atoms with E-state index in [2.05, 4.69) is 67.1 Å². The SMILES string of the molecule is CCCc1c(C)c(-c2ccccc2)nn1-c1ccccc1. The van der Waals surface area contributed by atoms with Gasteiger partial charge < -0.3 is 0 Å². The van der Waals surface area contributed by atoms with Crippen LogP contribution in [0.3, 0.4) is 0 Å². The molecule has 0 aliphatic carbocycles. The van der Waals surface area contributed by atoms with Crippen LogP contribution in [-0.2, 0) is 6.42 Å². The largest absolute Gasteiger partial charge is 0.237 e. The van der Waals surface area contributed by atoms with Crippen LogP contribution in [-0.4, -0.2) is 9.78 Å². The van der Waals surface area contributed by atoms with Crippen LogP contribution in [0.4, 0.5) is 0 Å². The third-order valence-electron chi connectivity index (χ3n) is 3.78. The van der Waals surface area contributed by atoms with Crippen LogP contribution >= 0.6 is 0 Å². The first kappa shape index (κ1) is 13.6. The maximum atomic E-state index is 4.89. The van der Waals surface area contributed by atoms with Crippen molar-refractivity contribution in [1.82, 2.24) is 9.78 Å². The van der Waals surface area contributed by atoms with Gasteiger partial charge in [0.1, 0.15) is 0 Å². The van der Waals surface area contributed by atoms with E-state index in [0.29, 0.717) is 0 Å². The lowest BCUT2D eigenvalue weighted by Crippen LogP contribution is -2.02. The molecule has 0 N–H and O–H groups in total. The fourth-order valence-electron chi connectivity index (χ4n) is 2.71. The van der Waals surface area contributed by atoms with E-state index >= 15 is 0 Å². The highest BCUT2D eigenvalue weighted by Gasteiger charge is 2.15. The quantitative estimate of drug-likeness (QED) is 0.669. The zero-order valence-electron chi connectivity index (χ0n) is 12.6. The summed E-state index contributed by atoms with van der Waals surface area (Å²) in [6.45, 7) is 4.39. The molecule has 2 nitrogen and oxygen atoms in total. The molecule has 1 heterocycles. The molecule has 2 heteroatoms. The van der Waals surface area contributed by atoms with Crippen molar-refractivity contribution in [2.75, 3.05) is 0 Å². The maximum absolute atomic E-state index is 4.89. The fraction of sp³-hybridized carbons (Fsp3) is 0.211. The Labute approximate surface area is 126 Å². The molecule has 1 aromatic heterocycles. The van der Waals surface area contributed by atoms with Crippen LogP contribution in [0, 0.1) is 6.92 Å². The fourth-order valence-corrected chi connectivity index (χ4v) is 2.71. The van der Waals surface area contributed by atoms with Crippen molar-refractivity contribution >= 4 is 0 Å². The Morgan fingerprint density at radius 1 is 0.905 bits per heavy atom. The van der Waals surface area contributed by atoms with E-state index in [-0.39, 0.29) is 0 Å². The minimum atomic E-state index is 1.04. The molecule has 3 aromatic rings. The number of para-hydroxylation sites is 1. The first-order valence-electron chi connectivity index (χ1n) is 7.50. The molecule has 0 spiro atoms.